The average molecular weight is 198 g/mol. The Balaban J connectivity index is 2.18. The lowest BCUT2D eigenvalue weighted by molar-refractivity contribution is 0.119. The van der Waals surface area contributed by atoms with Gasteiger partial charge in [-0.2, -0.15) is 0 Å². The summed E-state index contributed by atoms with van der Waals surface area (Å²) in [5.41, 5.74) is 6.96. The lowest BCUT2D eigenvalue weighted by Crippen LogP contribution is -2.19. The van der Waals surface area contributed by atoms with Crippen LogP contribution >= 0.6 is 11.3 Å². The van der Waals surface area contributed by atoms with Crippen LogP contribution in [0.1, 0.15) is 36.6 Å². The largest absolute Gasteiger partial charge is 0.375 e. The first-order chi connectivity index (χ1) is 6.15. The maximum Gasteiger partial charge on any atom is 0.122 e. The van der Waals surface area contributed by atoms with E-state index in [1.54, 1.807) is 18.4 Å². The number of methoxy groups -OCH3 is 1. The molecule has 1 aromatic heterocycles. The molecule has 2 rings (SSSR count). The molecule has 1 fully saturated rings. The summed E-state index contributed by atoms with van der Waals surface area (Å²) in [5, 5.41) is 3.08. The smallest absolute Gasteiger partial charge is 0.122 e. The number of nitrogens with two attached hydrogens (primary N) is 1. The van der Waals surface area contributed by atoms with E-state index in [1.807, 2.05) is 6.92 Å². The van der Waals surface area contributed by atoms with Gasteiger partial charge in [-0.15, -0.1) is 11.3 Å². The summed E-state index contributed by atoms with van der Waals surface area (Å²) in [6.45, 7) is 2.00. The first kappa shape index (κ1) is 9.12. The van der Waals surface area contributed by atoms with E-state index in [-0.39, 0.29) is 11.6 Å². The van der Waals surface area contributed by atoms with Gasteiger partial charge in [0, 0.05) is 12.5 Å². The molecule has 0 saturated heterocycles. The van der Waals surface area contributed by atoms with Crippen LogP contribution in [0.2, 0.25) is 0 Å². The van der Waals surface area contributed by atoms with Crippen molar-refractivity contribution in [2.24, 2.45) is 5.73 Å². The van der Waals surface area contributed by atoms with Crippen molar-refractivity contribution in [3.8, 4) is 0 Å². The number of rotatable bonds is 3. The first-order valence-electron chi connectivity index (χ1n) is 4.43. The Hall–Kier alpha value is -0.450. The molecule has 1 aliphatic carbocycles. The fraction of sp³-hybridized carbons (Fsp3) is 0.667. The van der Waals surface area contributed by atoms with Gasteiger partial charge in [0.2, 0.25) is 0 Å². The van der Waals surface area contributed by atoms with Crippen LogP contribution in [0, 0.1) is 0 Å². The molecule has 3 nitrogen and oxygen atoms in total. The predicted molar refractivity (Wildman–Crippen MR) is 52.6 cm³/mol. The van der Waals surface area contributed by atoms with Crippen LogP contribution in [0.4, 0.5) is 0 Å². The predicted octanol–water partition coefficient (Wildman–Crippen LogP) is 1.80. The van der Waals surface area contributed by atoms with Crippen molar-refractivity contribution in [1.82, 2.24) is 4.98 Å². The molecule has 4 heteroatoms. The second-order valence-corrected chi connectivity index (χ2v) is 4.49. The molecular weight excluding hydrogens is 184 g/mol. The minimum absolute atomic E-state index is 0.0844. The maximum atomic E-state index is 6.03. The summed E-state index contributed by atoms with van der Waals surface area (Å²) in [4.78, 5) is 4.48. The fourth-order valence-electron chi connectivity index (χ4n) is 1.19. The second kappa shape index (κ2) is 3.04. The van der Waals surface area contributed by atoms with Gasteiger partial charge >= 0.3 is 0 Å². The number of ether oxygens (including phenoxy) is 1. The van der Waals surface area contributed by atoms with E-state index >= 15 is 0 Å². The molecule has 0 aromatic carbocycles. The van der Waals surface area contributed by atoms with Gasteiger partial charge < -0.3 is 10.5 Å². The Morgan fingerprint density at radius 1 is 1.69 bits per heavy atom. The first-order valence-corrected chi connectivity index (χ1v) is 5.31. The van der Waals surface area contributed by atoms with Crippen LogP contribution in [-0.4, -0.2) is 12.1 Å². The van der Waals surface area contributed by atoms with Crippen molar-refractivity contribution in [1.29, 1.82) is 0 Å². The van der Waals surface area contributed by atoms with E-state index in [0.29, 0.717) is 0 Å². The number of thiazole rings is 1. The van der Waals surface area contributed by atoms with E-state index in [4.69, 9.17) is 10.5 Å². The number of hydrogen-bond acceptors (Lipinski definition) is 4. The summed E-state index contributed by atoms with van der Waals surface area (Å²) in [6.07, 6.45) is 2.22. The monoisotopic (exact) mass is 198 g/mol. The van der Waals surface area contributed by atoms with Crippen LogP contribution in [0.5, 0.6) is 0 Å². The Labute approximate surface area is 81.9 Å². The molecule has 1 aliphatic rings. The van der Waals surface area contributed by atoms with E-state index in [9.17, 15) is 0 Å². The highest BCUT2D eigenvalue weighted by molar-refractivity contribution is 7.09. The molecule has 0 spiro atoms. The van der Waals surface area contributed by atoms with Crippen LogP contribution in [0.15, 0.2) is 5.38 Å². The van der Waals surface area contributed by atoms with Gasteiger partial charge in [0.15, 0.2) is 0 Å². The van der Waals surface area contributed by atoms with Gasteiger partial charge in [-0.25, -0.2) is 4.98 Å². The highest BCUT2D eigenvalue weighted by atomic mass is 32.1. The normalized spacial score (nSPS) is 21.5. The van der Waals surface area contributed by atoms with Crippen molar-refractivity contribution < 1.29 is 4.74 Å². The molecule has 1 atom stereocenters. The van der Waals surface area contributed by atoms with Crippen LogP contribution in [0.25, 0.3) is 0 Å². The molecule has 1 saturated carbocycles. The molecule has 1 unspecified atom stereocenters. The Kier molecular flexibility index (Phi) is 2.14. The molecule has 0 bridgehead atoms. The van der Waals surface area contributed by atoms with E-state index < -0.39 is 0 Å². The highest BCUT2D eigenvalue weighted by Gasteiger charge is 2.42. The third-order valence-corrected chi connectivity index (χ3v) is 3.53. The van der Waals surface area contributed by atoms with Gasteiger partial charge in [0.1, 0.15) is 11.1 Å². The molecule has 72 valence electrons. The van der Waals surface area contributed by atoms with Crippen LogP contribution < -0.4 is 5.73 Å². The number of nitrogens with zero attached hydrogens (tertiary/aromatic N) is 1. The number of hydrogen-bond donors (Lipinski definition) is 1. The van der Waals surface area contributed by atoms with E-state index in [0.717, 1.165) is 23.5 Å². The summed E-state index contributed by atoms with van der Waals surface area (Å²) in [7, 11) is 1.70. The topological polar surface area (TPSA) is 48.1 Å². The molecule has 0 aliphatic heterocycles. The molecule has 13 heavy (non-hydrogen) atoms. The molecule has 0 radical (unpaired) electrons. The zero-order valence-electron chi connectivity index (χ0n) is 7.91. The van der Waals surface area contributed by atoms with E-state index in [2.05, 4.69) is 10.4 Å². The van der Waals surface area contributed by atoms with Crippen molar-refractivity contribution in [2.45, 2.75) is 31.4 Å². The van der Waals surface area contributed by atoms with Gasteiger partial charge in [-0.3, -0.25) is 0 Å². The summed E-state index contributed by atoms with van der Waals surface area (Å²) in [5.74, 6) is 0. The molecule has 1 heterocycles. The Bertz CT molecular complexity index is 306. The third-order valence-electron chi connectivity index (χ3n) is 2.52. The minimum Gasteiger partial charge on any atom is -0.375 e. The zero-order chi connectivity index (χ0) is 9.47. The minimum atomic E-state index is -0.109. The SMILES string of the molecule is COC(C)c1nc(C2(N)CC2)cs1. The Morgan fingerprint density at radius 3 is 2.92 bits per heavy atom. The molecular formula is C9H14N2OS. The fourth-order valence-corrected chi connectivity index (χ4v) is 2.15. The average Bonchev–Trinajstić information content (AvgIpc) is 2.72. The third kappa shape index (κ3) is 1.61. The van der Waals surface area contributed by atoms with Crippen molar-refractivity contribution in [3.63, 3.8) is 0 Å². The van der Waals surface area contributed by atoms with Gasteiger partial charge in [0.25, 0.3) is 0 Å². The molecule has 1 aromatic rings. The quantitative estimate of drug-likeness (QED) is 0.805. The second-order valence-electron chi connectivity index (χ2n) is 3.61. The molecule has 2 N–H and O–H groups in total. The lowest BCUT2D eigenvalue weighted by atomic mass is 10.2. The standard InChI is InChI=1S/C9H14N2OS/c1-6(12-2)8-11-7(5-13-8)9(10)3-4-9/h5-6H,3-4,10H2,1-2H3. The van der Waals surface area contributed by atoms with Crippen LogP contribution in [0.3, 0.4) is 0 Å². The lowest BCUT2D eigenvalue weighted by Gasteiger charge is -2.05. The van der Waals surface area contributed by atoms with Gasteiger partial charge in [-0.05, 0) is 19.8 Å². The Morgan fingerprint density at radius 2 is 2.38 bits per heavy atom. The van der Waals surface area contributed by atoms with Crippen LogP contribution in [-0.2, 0) is 10.3 Å². The van der Waals surface area contributed by atoms with Crippen molar-refractivity contribution in [3.05, 3.63) is 16.1 Å². The van der Waals surface area contributed by atoms with Gasteiger partial charge in [-0.1, -0.05) is 0 Å². The van der Waals surface area contributed by atoms with Gasteiger partial charge in [0.05, 0.1) is 11.2 Å². The number of aromatic nitrogens is 1. The maximum absolute atomic E-state index is 6.03. The van der Waals surface area contributed by atoms with Crippen molar-refractivity contribution >= 4 is 11.3 Å². The highest BCUT2D eigenvalue weighted by Crippen LogP contribution is 2.43. The summed E-state index contributed by atoms with van der Waals surface area (Å²) < 4.78 is 5.19. The summed E-state index contributed by atoms with van der Waals surface area (Å²) >= 11 is 1.63. The molecule has 0 amide bonds. The summed E-state index contributed by atoms with van der Waals surface area (Å²) in [6, 6.07) is 0. The van der Waals surface area contributed by atoms with E-state index in [1.165, 1.54) is 0 Å². The zero-order valence-corrected chi connectivity index (χ0v) is 8.73. The van der Waals surface area contributed by atoms with Crippen molar-refractivity contribution in [2.75, 3.05) is 7.11 Å².